The van der Waals surface area contributed by atoms with Gasteiger partial charge in [-0.3, -0.25) is 0 Å². The molecular weight excluding hydrogens is 695 g/mol. The van der Waals surface area contributed by atoms with Crippen LogP contribution in [0, 0.1) is 27.7 Å². The molecule has 0 saturated carbocycles. The minimum absolute atomic E-state index is 0.325. The van der Waals surface area contributed by atoms with Gasteiger partial charge < -0.3 is 0 Å². The van der Waals surface area contributed by atoms with Gasteiger partial charge in [0.2, 0.25) is 0 Å². The SMILES string of the molecule is [CH2]=[Hf]([CH3])([CH3])([CH2]CC)([CH2]CC)([CH]1C=Cc2c(-c3cc(C)cc(C)c3)cccc21)[CH]1C=Cc2c(-c3cc(C)cc(C)c3)cccc21. The zero-order chi connectivity index (χ0) is 31.6. The average Bonchev–Trinajstić information content (AvgIpc) is 3.59. The van der Waals surface area contributed by atoms with Crippen LogP contribution in [0.25, 0.3) is 34.4 Å². The number of rotatable bonds is 8. The Labute approximate surface area is 261 Å². The van der Waals surface area contributed by atoms with Crippen molar-refractivity contribution in [3.05, 3.63) is 129 Å². The van der Waals surface area contributed by atoms with Crippen molar-refractivity contribution in [3.8, 4) is 22.3 Å². The Morgan fingerprint density at radius 1 is 0.568 bits per heavy atom. The molecule has 0 bridgehead atoms. The van der Waals surface area contributed by atoms with Gasteiger partial charge in [-0.25, -0.2) is 0 Å². The minimum atomic E-state index is -5.28. The summed E-state index contributed by atoms with van der Waals surface area (Å²) in [6, 6.07) is 28.1. The van der Waals surface area contributed by atoms with E-state index in [1.807, 2.05) is 0 Å². The number of allylic oxidation sites excluding steroid dienone is 2. The van der Waals surface area contributed by atoms with Crippen LogP contribution in [0.15, 0.2) is 84.9 Å². The molecule has 0 radical (unpaired) electrons. The number of hydrogen-bond acceptors (Lipinski definition) is 0. The van der Waals surface area contributed by atoms with Crippen LogP contribution in [-0.2, 0) is 15.1 Å². The number of fused-ring (bicyclic) bond motifs is 2. The molecule has 0 saturated heterocycles. The molecule has 2 atom stereocenters. The summed E-state index contributed by atoms with van der Waals surface area (Å²) in [6.07, 6.45) is 12.5. The first-order valence-corrected chi connectivity index (χ1v) is 35.9. The molecule has 228 valence electrons. The third kappa shape index (κ3) is 4.44. The van der Waals surface area contributed by atoms with Gasteiger partial charge in [-0.05, 0) is 0 Å². The van der Waals surface area contributed by atoms with Crippen LogP contribution in [0.1, 0.15) is 78.5 Å². The van der Waals surface area contributed by atoms with Crippen molar-refractivity contribution < 1.29 is 15.1 Å². The van der Waals surface area contributed by atoms with Crippen LogP contribution in [0.4, 0.5) is 0 Å². The molecule has 0 amide bonds. The second-order valence-electron chi connectivity index (χ2n) is 17.5. The predicted molar refractivity (Wildman–Crippen MR) is 195 cm³/mol. The molecule has 0 aromatic heterocycles. The predicted octanol–water partition coefficient (Wildman–Crippen LogP) is 13.0. The number of aryl methyl sites for hydroxylation is 4. The summed E-state index contributed by atoms with van der Waals surface area (Å²) in [5.41, 5.74) is 16.5. The first-order chi connectivity index (χ1) is 20.7. The normalized spacial score (nSPS) is 19.6. The summed E-state index contributed by atoms with van der Waals surface area (Å²) in [7, 11) is 0. The van der Waals surface area contributed by atoms with Crippen LogP contribution < -0.4 is 0 Å². The molecule has 0 aliphatic heterocycles. The van der Waals surface area contributed by atoms with E-state index in [2.05, 4.69) is 148 Å². The van der Waals surface area contributed by atoms with Gasteiger partial charge in [-0.1, -0.05) is 0 Å². The molecule has 1 heteroatoms. The molecule has 0 N–H and O–H groups in total. The van der Waals surface area contributed by atoms with E-state index in [-0.39, 0.29) is 0 Å². The van der Waals surface area contributed by atoms with Gasteiger partial charge in [0.05, 0.1) is 0 Å². The molecule has 0 spiro atoms. The molecule has 4 aromatic carbocycles. The number of hydrogen-bond donors (Lipinski definition) is 0. The first kappa shape index (κ1) is 31.1. The zero-order valence-corrected chi connectivity index (χ0v) is 32.0. The van der Waals surface area contributed by atoms with E-state index >= 15 is 0 Å². The fraction of sp³-hybridized carbons (Fsp3) is 0.326. The van der Waals surface area contributed by atoms with E-state index < -0.39 is 15.1 Å². The van der Waals surface area contributed by atoms with Crippen molar-refractivity contribution in [2.75, 3.05) is 0 Å². The van der Waals surface area contributed by atoms with E-state index in [0.717, 1.165) is 12.8 Å². The molecule has 2 aliphatic carbocycles. The van der Waals surface area contributed by atoms with Crippen molar-refractivity contribution in [1.29, 1.82) is 0 Å². The molecule has 4 aromatic rings. The van der Waals surface area contributed by atoms with Crippen LogP contribution in [0.2, 0.25) is 17.7 Å². The van der Waals surface area contributed by atoms with Gasteiger partial charge >= 0.3 is 263 Å². The van der Waals surface area contributed by atoms with Gasteiger partial charge in [0.15, 0.2) is 0 Å². The number of benzene rings is 4. The zero-order valence-electron chi connectivity index (χ0n) is 28.4. The molecule has 0 fully saturated rings. The topological polar surface area (TPSA) is 0 Å². The summed E-state index contributed by atoms with van der Waals surface area (Å²) >= 11 is -5.28. The van der Waals surface area contributed by atoms with Crippen LogP contribution in [0.5, 0.6) is 0 Å². The molecule has 2 aliphatic rings. The van der Waals surface area contributed by atoms with Crippen LogP contribution in [-0.4, -0.2) is 4.26 Å². The standard InChI is InChI=1S/2C17H15.2C3H7.2CH3.CH2.Hf/c2*1-12-9-13(2)11-15(10-12)17-8-4-6-14-5-3-7-16(14)17;2*1-3-2;;;;/h2*3-11H,1-2H3;2*1,3H2,2H3;2*1H3;1H2;. The van der Waals surface area contributed by atoms with Crippen LogP contribution >= 0.6 is 0 Å². The third-order valence-corrected chi connectivity index (χ3v) is 57.3. The van der Waals surface area contributed by atoms with E-state index in [1.54, 1.807) is 0 Å². The maximum absolute atomic E-state index is 5.86. The fourth-order valence-electron chi connectivity index (χ4n) is 11.0. The first-order valence-electron chi connectivity index (χ1n) is 17.0. The summed E-state index contributed by atoms with van der Waals surface area (Å²) in [6.45, 7) is 13.7. The van der Waals surface area contributed by atoms with Crippen LogP contribution in [0.3, 0.4) is 0 Å². The van der Waals surface area contributed by atoms with E-state index in [4.69, 9.17) is 4.26 Å². The fourth-order valence-corrected chi connectivity index (χ4v) is 53.7. The van der Waals surface area contributed by atoms with Gasteiger partial charge in [-0.15, -0.1) is 0 Å². The van der Waals surface area contributed by atoms with Gasteiger partial charge in [-0.2, -0.15) is 0 Å². The summed E-state index contributed by atoms with van der Waals surface area (Å²) in [5, 5.41) is 0. The van der Waals surface area contributed by atoms with E-state index in [9.17, 15) is 0 Å². The molecule has 0 heterocycles. The Bertz CT molecular complexity index is 1840. The molecular formula is C43H52Hf. The quantitative estimate of drug-likeness (QED) is 0.158. The second kappa shape index (κ2) is 9.56. The van der Waals surface area contributed by atoms with Gasteiger partial charge in [0.1, 0.15) is 0 Å². The molecule has 6 rings (SSSR count). The molecule has 0 nitrogen and oxygen atoms in total. The van der Waals surface area contributed by atoms with Crippen molar-refractivity contribution in [2.24, 2.45) is 0 Å². The van der Waals surface area contributed by atoms with Crippen molar-refractivity contribution in [3.63, 3.8) is 0 Å². The Hall–Kier alpha value is -2.90. The second-order valence-corrected chi connectivity index (χ2v) is 68.0. The Morgan fingerprint density at radius 2 is 0.932 bits per heavy atom. The van der Waals surface area contributed by atoms with Crippen molar-refractivity contribution in [1.82, 2.24) is 0 Å². The monoisotopic (exact) mass is 748 g/mol. The van der Waals surface area contributed by atoms with E-state index in [0.29, 0.717) is 7.35 Å². The Kier molecular flexibility index (Phi) is 6.75. The summed E-state index contributed by atoms with van der Waals surface area (Å²) in [5.74, 6) is 0. The summed E-state index contributed by atoms with van der Waals surface area (Å²) in [4.78, 5) is 0. The van der Waals surface area contributed by atoms with Crippen molar-refractivity contribution in [2.45, 2.75) is 79.4 Å². The van der Waals surface area contributed by atoms with Crippen molar-refractivity contribution >= 4 is 16.4 Å². The average molecular weight is 747 g/mol. The maximum atomic E-state index is 5.86. The molecule has 44 heavy (non-hydrogen) atoms. The Balaban J connectivity index is 1.62. The Morgan fingerprint density at radius 3 is 1.27 bits per heavy atom. The molecule has 2 unspecified atom stereocenters. The van der Waals surface area contributed by atoms with E-state index in [1.165, 1.54) is 75.1 Å². The third-order valence-electron chi connectivity index (χ3n) is 12.6. The van der Waals surface area contributed by atoms with Gasteiger partial charge in [0.25, 0.3) is 0 Å². The summed E-state index contributed by atoms with van der Waals surface area (Å²) < 4.78 is 14.5. The van der Waals surface area contributed by atoms with Gasteiger partial charge in [0, 0.05) is 0 Å².